The van der Waals surface area contributed by atoms with Gasteiger partial charge in [0.2, 0.25) is 0 Å². The van der Waals surface area contributed by atoms with Gasteiger partial charge < -0.3 is 9.47 Å². The third kappa shape index (κ3) is 5.34. The van der Waals surface area contributed by atoms with Crippen molar-refractivity contribution in [3.8, 4) is 11.5 Å². The minimum Gasteiger partial charge on any atom is -0.494 e. The normalized spacial score (nSPS) is 11.3. The molecule has 2 N–H and O–H groups in total. The zero-order valence-corrected chi connectivity index (χ0v) is 16.4. The largest absolute Gasteiger partial charge is 0.494 e. The molecule has 5 nitrogen and oxygen atoms in total. The number of hydrogen-bond donors (Lipinski definition) is 1. The lowest BCUT2D eigenvalue weighted by Gasteiger charge is -2.17. The van der Waals surface area contributed by atoms with Crippen LogP contribution in [-0.2, 0) is 9.19 Å². The first-order chi connectivity index (χ1) is 12.6. The van der Waals surface area contributed by atoms with Gasteiger partial charge in [0.05, 0.1) is 13.2 Å². The van der Waals surface area contributed by atoms with Crippen molar-refractivity contribution < 1.29 is 18.7 Å². The highest BCUT2D eigenvalue weighted by Gasteiger charge is 2.28. The molecular weight excluding hydrogens is 349 g/mol. The third-order valence-corrected chi connectivity index (χ3v) is 6.29. The molecule has 0 aliphatic carbocycles. The summed E-state index contributed by atoms with van der Waals surface area (Å²) in [6.45, 7) is 5.56. The molecule has 0 heterocycles. The Balaban J connectivity index is 2.12. The summed E-state index contributed by atoms with van der Waals surface area (Å²) in [7, 11) is -3.34. The molecule has 2 rings (SSSR count). The zero-order chi connectivity index (χ0) is 18.8. The van der Waals surface area contributed by atoms with Gasteiger partial charge in [-0.1, -0.05) is 26.7 Å². The topological polar surface area (TPSA) is 70.8 Å². The molecule has 0 amide bonds. The highest BCUT2D eigenvalue weighted by atomic mass is 31.2. The van der Waals surface area contributed by atoms with Crippen LogP contribution in [0.5, 0.6) is 11.5 Å². The molecule has 0 unspecified atom stereocenters. The van der Waals surface area contributed by atoms with Gasteiger partial charge in [0.25, 0.3) is 7.37 Å². The summed E-state index contributed by atoms with van der Waals surface area (Å²) in [4.78, 5) is 0. The van der Waals surface area contributed by atoms with Gasteiger partial charge in [-0.15, -0.1) is 0 Å². The first-order valence-corrected chi connectivity index (χ1v) is 10.7. The molecule has 0 fully saturated rings. The van der Waals surface area contributed by atoms with E-state index in [1.54, 1.807) is 48.5 Å². The van der Waals surface area contributed by atoms with Gasteiger partial charge in [-0.3, -0.25) is 4.57 Å². The van der Waals surface area contributed by atoms with Crippen LogP contribution < -0.4 is 26.0 Å². The quantitative estimate of drug-likeness (QED) is 0.362. The maximum absolute atomic E-state index is 13.3. The molecule has 6 heteroatoms. The van der Waals surface area contributed by atoms with E-state index in [0.717, 1.165) is 37.2 Å². The highest BCUT2D eigenvalue weighted by molar-refractivity contribution is 7.74. The number of nitrogens with two attached hydrogens (primary N) is 1. The summed E-state index contributed by atoms with van der Waals surface area (Å²) < 4.78 is 29.5. The second kappa shape index (κ2) is 10.4. The molecule has 26 heavy (non-hydrogen) atoms. The molecule has 0 radical (unpaired) electrons. The maximum Gasteiger partial charge on any atom is 0.277 e. The Bertz CT molecular complexity index is 643. The van der Waals surface area contributed by atoms with E-state index in [1.807, 2.05) is 0 Å². The Kier molecular flexibility index (Phi) is 8.17. The van der Waals surface area contributed by atoms with Crippen molar-refractivity contribution in [2.24, 2.45) is 5.90 Å². The molecule has 0 saturated heterocycles. The van der Waals surface area contributed by atoms with E-state index >= 15 is 0 Å². The van der Waals surface area contributed by atoms with E-state index in [2.05, 4.69) is 13.8 Å². The van der Waals surface area contributed by atoms with Crippen molar-refractivity contribution in [1.29, 1.82) is 0 Å². The SMILES string of the molecule is CCCCOc1ccc(P(=O)(ON)c2ccc(OCCCC)cc2)cc1. The zero-order valence-electron chi connectivity index (χ0n) is 15.5. The fourth-order valence-electron chi connectivity index (χ4n) is 2.42. The van der Waals surface area contributed by atoms with Crippen molar-refractivity contribution in [3.63, 3.8) is 0 Å². The fourth-order valence-corrected chi connectivity index (χ4v) is 4.04. The van der Waals surface area contributed by atoms with Crippen LogP contribution in [0.1, 0.15) is 39.5 Å². The van der Waals surface area contributed by atoms with Gasteiger partial charge in [0.1, 0.15) is 11.5 Å². The maximum atomic E-state index is 13.3. The average Bonchev–Trinajstić information content (AvgIpc) is 2.69. The Morgan fingerprint density at radius 3 is 1.46 bits per heavy atom. The minimum absolute atomic E-state index is 0.530. The number of ether oxygens (including phenoxy) is 2. The molecule has 142 valence electrons. The summed E-state index contributed by atoms with van der Waals surface area (Å²) in [5, 5.41) is 1.06. The summed E-state index contributed by atoms with van der Waals surface area (Å²) in [6, 6.07) is 14.1. The predicted octanol–water partition coefficient (Wildman–Crippen LogP) is 4.16. The summed E-state index contributed by atoms with van der Waals surface area (Å²) in [5.41, 5.74) is 0. The number of rotatable bonds is 11. The van der Waals surface area contributed by atoms with Crippen LogP contribution in [0.15, 0.2) is 48.5 Å². The van der Waals surface area contributed by atoms with E-state index in [-0.39, 0.29) is 0 Å². The smallest absolute Gasteiger partial charge is 0.277 e. The van der Waals surface area contributed by atoms with Crippen LogP contribution >= 0.6 is 7.37 Å². The first kappa shape index (κ1) is 20.5. The molecule has 0 aliphatic rings. The Hall–Kier alpha value is -1.81. The van der Waals surface area contributed by atoms with Gasteiger partial charge in [0, 0.05) is 10.6 Å². The van der Waals surface area contributed by atoms with Crippen molar-refractivity contribution in [2.75, 3.05) is 13.2 Å². The lowest BCUT2D eigenvalue weighted by atomic mass is 10.3. The molecule has 0 bridgehead atoms. The number of unbranched alkanes of at least 4 members (excludes halogenated alkanes) is 2. The van der Waals surface area contributed by atoms with E-state index in [1.165, 1.54) is 0 Å². The van der Waals surface area contributed by atoms with Crippen LogP contribution in [-0.4, -0.2) is 13.2 Å². The van der Waals surface area contributed by atoms with Crippen molar-refractivity contribution in [1.82, 2.24) is 0 Å². The molecule has 0 spiro atoms. The molecule has 0 aliphatic heterocycles. The number of hydrogen-bond acceptors (Lipinski definition) is 5. The molecule has 0 atom stereocenters. The van der Waals surface area contributed by atoms with E-state index in [4.69, 9.17) is 20.0 Å². The molecule has 0 aromatic heterocycles. The van der Waals surface area contributed by atoms with Gasteiger partial charge in [-0.2, -0.15) is 0 Å². The average molecular weight is 377 g/mol. The monoisotopic (exact) mass is 377 g/mol. The summed E-state index contributed by atoms with van der Waals surface area (Å²) >= 11 is 0. The van der Waals surface area contributed by atoms with Gasteiger partial charge in [-0.25, -0.2) is 10.5 Å². The van der Waals surface area contributed by atoms with Crippen LogP contribution in [0, 0.1) is 0 Å². The first-order valence-electron chi connectivity index (χ1n) is 9.09. The minimum atomic E-state index is -3.34. The fraction of sp³-hybridized carbons (Fsp3) is 0.400. The standard InChI is InChI=1S/C20H28NO4P/c1-3-5-15-23-17-7-11-19(12-8-17)26(22,25-21)20-13-9-18(10-14-20)24-16-6-4-2/h7-14H,3-6,15-16,21H2,1-2H3. The van der Waals surface area contributed by atoms with Crippen LogP contribution in [0.25, 0.3) is 0 Å². The molecule has 2 aromatic carbocycles. The Morgan fingerprint density at radius 2 is 1.15 bits per heavy atom. The molecule has 0 saturated carbocycles. The van der Waals surface area contributed by atoms with Crippen LogP contribution in [0.2, 0.25) is 0 Å². The van der Waals surface area contributed by atoms with E-state index < -0.39 is 7.37 Å². The lowest BCUT2D eigenvalue weighted by molar-refractivity contribution is 0.309. The van der Waals surface area contributed by atoms with Gasteiger partial charge >= 0.3 is 0 Å². The number of benzene rings is 2. The highest BCUT2D eigenvalue weighted by Crippen LogP contribution is 2.43. The van der Waals surface area contributed by atoms with E-state index in [0.29, 0.717) is 23.8 Å². The van der Waals surface area contributed by atoms with E-state index in [9.17, 15) is 4.57 Å². The van der Waals surface area contributed by atoms with Crippen LogP contribution in [0.4, 0.5) is 0 Å². The summed E-state index contributed by atoms with van der Waals surface area (Å²) in [6.07, 6.45) is 4.15. The Labute approximate surface area is 155 Å². The van der Waals surface area contributed by atoms with Crippen LogP contribution in [0.3, 0.4) is 0 Å². The molecule has 2 aromatic rings. The predicted molar refractivity (Wildman–Crippen MR) is 106 cm³/mol. The second-order valence-electron chi connectivity index (χ2n) is 6.05. The van der Waals surface area contributed by atoms with Gasteiger partial charge in [-0.05, 0) is 61.4 Å². The van der Waals surface area contributed by atoms with Crippen molar-refractivity contribution >= 4 is 18.0 Å². The summed E-state index contributed by atoms with van der Waals surface area (Å²) in [5.74, 6) is 6.90. The van der Waals surface area contributed by atoms with Gasteiger partial charge in [0.15, 0.2) is 0 Å². The lowest BCUT2D eigenvalue weighted by Crippen LogP contribution is -2.20. The molecular formula is C20H28NO4P. The third-order valence-electron chi connectivity index (χ3n) is 4.03. The second-order valence-corrected chi connectivity index (χ2v) is 8.40. The van der Waals surface area contributed by atoms with Crippen molar-refractivity contribution in [2.45, 2.75) is 39.5 Å². The Morgan fingerprint density at radius 1 is 0.769 bits per heavy atom. The van der Waals surface area contributed by atoms with Crippen molar-refractivity contribution in [3.05, 3.63) is 48.5 Å².